The van der Waals surface area contributed by atoms with Crippen molar-refractivity contribution >= 4 is 50.5 Å². The lowest BCUT2D eigenvalue weighted by Gasteiger charge is -2.17. The molecule has 0 bridgehead atoms. The Labute approximate surface area is 179 Å². The van der Waals surface area contributed by atoms with Gasteiger partial charge < -0.3 is 10.2 Å². The summed E-state index contributed by atoms with van der Waals surface area (Å²) in [5, 5.41) is 7.94. The van der Waals surface area contributed by atoms with Gasteiger partial charge in [-0.25, -0.2) is 13.1 Å². The lowest BCUT2D eigenvalue weighted by Crippen LogP contribution is -2.16. The summed E-state index contributed by atoms with van der Waals surface area (Å²) < 4.78 is 26.8. The number of nitrogens with one attached hydrogen (secondary N) is 2. The van der Waals surface area contributed by atoms with Crippen LogP contribution in [0.1, 0.15) is 5.56 Å². The van der Waals surface area contributed by atoms with E-state index in [0.717, 1.165) is 29.9 Å². The van der Waals surface area contributed by atoms with Crippen molar-refractivity contribution in [1.29, 1.82) is 0 Å². The molecule has 8 nitrogen and oxygen atoms in total. The molecular formula is C20H20ClN5O3S. The molecule has 0 atom stereocenters. The Kier molecular flexibility index (Phi) is 5.40. The van der Waals surface area contributed by atoms with E-state index in [1.165, 1.54) is 0 Å². The normalized spacial score (nSPS) is 13.2. The molecule has 1 aromatic heterocycles. The number of carbonyl (C=O) groups is 1. The van der Waals surface area contributed by atoms with Crippen molar-refractivity contribution in [3.8, 4) is 0 Å². The van der Waals surface area contributed by atoms with E-state index in [2.05, 4.69) is 20.0 Å². The molecule has 1 amide bonds. The smallest absolute Gasteiger partial charge is 0.229 e. The zero-order valence-electron chi connectivity index (χ0n) is 16.2. The van der Waals surface area contributed by atoms with E-state index in [1.54, 1.807) is 24.3 Å². The first-order valence-electron chi connectivity index (χ1n) is 9.24. The molecule has 30 heavy (non-hydrogen) atoms. The van der Waals surface area contributed by atoms with Gasteiger partial charge in [-0.15, -0.1) is 0 Å². The van der Waals surface area contributed by atoms with E-state index in [-0.39, 0.29) is 12.3 Å². The first-order chi connectivity index (χ1) is 14.3. The summed E-state index contributed by atoms with van der Waals surface area (Å²) in [5.74, 6) is 1.17. The zero-order valence-corrected chi connectivity index (χ0v) is 17.7. The highest BCUT2D eigenvalue weighted by molar-refractivity contribution is 7.92. The Morgan fingerprint density at radius 1 is 1.13 bits per heavy atom. The average Bonchev–Trinajstić information content (AvgIpc) is 3.22. The Morgan fingerprint density at radius 3 is 2.60 bits per heavy atom. The summed E-state index contributed by atoms with van der Waals surface area (Å²) in [7, 11) is -3.33. The Bertz CT molecular complexity index is 1190. The quantitative estimate of drug-likeness (QED) is 0.607. The number of rotatable bonds is 6. The van der Waals surface area contributed by atoms with Crippen molar-refractivity contribution in [2.24, 2.45) is 0 Å². The zero-order chi connectivity index (χ0) is 21.3. The fraction of sp³-hybridized carbons (Fsp3) is 0.200. The van der Waals surface area contributed by atoms with Crippen LogP contribution in [-0.4, -0.2) is 36.9 Å². The fourth-order valence-electron chi connectivity index (χ4n) is 3.34. The molecule has 0 saturated heterocycles. The molecule has 3 aromatic rings. The minimum Gasteiger partial charge on any atom is -0.325 e. The molecular weight excluding hydrogens is 426 g/mol. The lowest BCUT2D eigenvalue weighted by molar-refractivity contribution is -0.115. The van der Waals surface area contributed by atoms with Crippen LogP contribution in [0.25, 0.3) is 0 Å². The molecule has 2 aromatic carbocycles. The number of fused-ring (bicyclic) bond motifs is 1. The molecule has 1 aliphatic rings. The highest BCUT2D eigenvalue weighted by atomic mass is 35.5. The highest BCUT2D eigenvalue weighted by Gasteiger charge is 2.23. The van der Waals surface area contributed by atoms with Crippen LogP contribution in [0.4, 0.5) is 23.0 Å². The Hall–Kier alpha value is -3.04. The van der Waals surface area contributed by atoms with Gasteiger partial charge in [-0.05, 0) is 35.9 Å². The maximum atomic E-state index is 12.4. The van der Waals surface area contributed by atoms with Crippen LogP contribution in [0.3, 0.4) is 0 Å². The molecule has 0 radical (unpaired) electrons. The third kappa shape index (κ3) is 4.74. The molecule has 0 aliphatic carbocycles. The highest BCUT2D eigenvalue weighted by Crippen LogP contribution is 2.33. The predicted octanol–water partition coefficient (Wildman–Crippen LogP) is 3.24. The van der Waals surface area contributed by atoms with Gasteiger partial charge in [-0.1, -0.05) is 29.8 Å². The summed E-state index contributed by atoms with van der Waals surface area (Å²) in [4.78, 5) is 14.5. The summed E-state index contributed by atoms with van der Waals surface area (Å²) in [6.45, 7) is 1.50. The second kappa shape index (κ2) is 8.00. The third-order valence-corrected chi connectivity index (χ3v) is 5.42. The van der Waals surface area contributed by atoms with Gasteiger partial charge in [0.25, 0.3) is 0 Å². The molecule has 0 fully saturated rings. The van der Waals surface area contributed by atoms with E-state index in [4.69, 9.17) is 11.6 Å². The first kappa shape index (κ1) is 20.2. The van der Waals surface area contributed by atoms with Crippen LogP contribution >= 0.6 is 11.6 Å². The summed E-state index contributed by atoms with van der Waals surface area (Å²) in [5.41, 5.74) is 2.19. The number of hydrogen-bond acceptors (Lipinski definition) is 5. The van der Waals surface area contributed by atoms with E-state index < -0.39 is 10.0 Å². The Balaban J connectivity index is 1.41. The largest absolute Gasteiger partial charge is 0.325 e. The number of amides is 1. The summed E-state index contributed by atoms with van der Waals surface area (Å²) in [6, 6.07) is 16.1. The van der Waals surface area contributed by atoms with Crippen molar-refractivity contribution in [3.63, 3.8) is 0 Å². The number of anilines is 4. The number of hydrogen-bond donors (Lipinski definition) is 2. The van der Waals surface area contributed by atoms with Crippen molar-refractivity contribution in [1.82, 2.24) is 9.78 Å². The summed E-state index contributed by atoms with van der Waals surface area (Å²) in [6.07, 6.45) is 1.24. The fourth-order valence-corrected chi connectivity index (χ4v) is 4.09. The van der Waals surface area contributed by atoms with Crippen LogP contribution in [0, 0.1) is 0 Å². The Morgan fingerprint density at radius 2 is 1.90 bits per heavy atom. The SMILES string of the molecule is CS(=O)(=O)Nc1ccc(CC(=O)Nc2cc3n(n2)CCN3c2cccc(Cl)c2)cc1. The second-order valence-corrected chi connectivity index (χ2v) is 9.22. The van der Waals surface area contributed by atoms with Gasteiger partial charge in [0.05, 0.1) is 19.2 Å². The van der Waals surface area contributed by atoms with Crippen LogP contribution < -0.4 is 14.9 Å². The number of sulfonamides is 1. The molecule has 2 heterocycles. The van der Waals surface area contributed by atoms with E-state index in [0.29, 0.717) is 23.1 Å². The van der Waals surface area contributed by atoms with Gasteiger partial charge in [0, 0.05) is 29.0 Å². The summed E-state index contributed by atoms with van der Waals surface area (Å²) >= 11 is 6.10. The molecule has 1 aliphatic heterocycles. The van der Waals surface area contributed by atoms with E-state index >= 15 is 0 Å². The van der Waals surface area contributed by atoms with Crippen LogP contribution in [0.5, 0.6) is 0 Å². The van der Waals surface area contributed by atoms with Crippen LogP contribution in [0.15, 0.2) is 54.6 Å². The van der Waals surface area contributed by atoms with Crippen LogP contribution in [0.2, 0.25) is 5.02 Å². The van der Waals surface area contributed by atoms with Gasteiger partial charge >= 0.3 is 0 Å². The predicted molar refractivity (Wildman–Crippen MR) is 118 cm³/mol. The van der Waals surface area contributed by atoms with Gasteiger partial charge in [0.2, 0.25) is 15.9 Å². The first-order valence-corrected chi connectivity index (χ1v) is 11.5. The van der Waals surface area contributed by atoms with Gasteiger partial charge in [0.15, 0.2) is 5.82 Å². The van der Waals surface area contributed by atoms with Gasteiger partial charge in [0.1, 0.15) is 5.82 Å². The van der Waals surface area contributed by atoms with Crippen molar-refractivity contribution in [2.75, 3.05) is 27.7 Å². The van der Waals surface area contributed by atoms with Gasteiger partial charge in [-0.3, -0.25) is 9.52 Å². The van der Waals surface area contributed by atoms with Gasteiger partial charge in [-0.2, -0.15) is 5.10 Å². The molecule has 0 spiro atoms. The van der Waals surface area contributed by atoms with Crippen molar-refractivity contribution in [2.45, 2.75) is 13.0 Å². The van der Waals surface area contributed by atoms with Crippen molar-refractivity contribution in [3.05, 3.63) is 65.2 Å². The van der Waals surface area contributed by atoms with E-state index in [9.17, 15) is 13.2 Å². The molecule has 0 unspecified atom stereocenters. The topological polar surface area (TPSA) is 96.3 Å². The monoisotopic (exact) mass is 445 g/mol. The minimum absolute atomic E-state index is 0.152. The maximum absolute atomic E-state index is 12.4. The average molecular weight is 446 g/mol. The van der Waals surface area contributed by atoms with E-state index in [1.807, 2.05) is 35.0 Å². The molecule has 0 saturated carbocycles. The third-order valence-electron chi connectivity index (χ3n) is 4.58. The molecule has 2 N–H and O–H groups in total. The number of aromatic nitrogens is 2. The number of nitrogens with zero attached hydrogens (tertiary/aromatic N) is 3. The van der Waals surface area contributed by atoms with Crippen molar-refractivity contribution < 1.29 is 13.2 Å². The lowest BCUT2D eigenvalue weighted by atomic mass is 10.1. The van der Waals surface area contributed by atoms with Crippen LogP contribution in [-0.2, 0) is 27.8 Å². The second-order valence-electron chi connectivity index (χ2n) is 7.04. The molecule has 156 valence electrons. The minimum atomic E-state index is -3.33. The standard InChI is InChI=1S/C20H20ClN5O3S/c1-30(28,29)24-16-7-5-14(6-8-16)11-19(27)22-18-13-20-25(9-10-26(20)23-18)17-4-2-3-15(21)12-17/h2-8,12-13,24H,9-11H2,1H3,(H,22,23,27). The molecule has 10 heteroatoms. The molecule has 4 rings (SSSR count). The number of benzene rings is 2. The maximum Gasteiger partial charge on any atom is 0.229 e. The number of carbonyl (C=O) groups excluding carboxylic acids is 1. The number of halogens is 1.